The number of amides is 2. The first-order valence-corrected chi connectivity index (χ1v) is 10.4. The molecule has 1 aliphatic rings. The predicted molar refractivity (Wildman–Crippen MR) is 111 cm³/mol. The van der Waals surface area contributed by atoms with E-state index in [4.69, 9.17) is 21.1 Å². The summed E-state index contributed by atoms with van der Waals surface area (Å²) >= 11 is 6.41. The van der Waals surface area contributed by atoms with Crippen molar-refractivity contribution in [2.45, 2.75) is 63.9 Å². The topological polar surface area (TPSA) is 105 Å². The van der Waals surface area contributed by atoms with E-state index in [1.165, 1.54) is 18.9 Å². The molecule has 9 heteroatoms. The molecule has 1 aromatic rings. The zero-order chi connectivity index (χ0) is 22.3. The van der Waals surface area contributed by atoms with Crippen LogP contribution in [0, 0.1) is 0 Å². The molecule has 8 nitrogen and oxygen atoms in total. The molecule has 2 rings (SSSR count). The third kappa shape index (κ3) is 5.43. The lowest BCUT2D eigenvalue weighted by Gasteiger charge is -2.48. The Morgan fingerprint density at radius 1 is 1.30 bits per heavy atom. The molecule has 0 aromatic heterocycles. The minimum Gasteiger partial charge on any atom is -0.424 e. The molecular formula is C21H29ClN2O6. The van der Waals surface area contributed by atoms with E-state index in [0.29, 0.717) is 23.4 Å². The van der Waals surface area contributed by atoms with Gasteiger partial charge in [-0.05, 0) is 24.5 Å². The number of ether oxygens (including phenoxy) is 2. The SMILES string of the molecule is CCC(=O)NCC(=O)OC(C)OC(=O)N(C)[C@]1(c2ccccc2Cl)CCCCC1O. The number of carbonyl (C=O) groups excluding carboxylic acids is 3. The van der Waals surface area contributed by atoms with Crippen LogP contribution in [0.4, 0.5) is 4.79 Å². The van der Waals surface area contributed by atoms with Crippen LogP contribution >= 0.6 is 11.6 Å². The van der Waals surface area contributed by atoms with E-state index in [1.807, 2.05) is 0 Å². The van der Waals surface area contributed by atoms with Crippen molar-refractivity contribution in [2.24, 2.45) is 0 Å². The van der Waals surface area contributed by atoms with Crippen molar-refractivity contribution in [3.05, 3.63) is 34.9 Å². The fraction of sp³-hybridized carbons (Fsp3) is 0.571. The fourth-order valence-corrected chi connectivity index (χ4v) is 4.07. The summed E-state index contributed by atoms with van der Waals surface area (Å²) in [5.74, 6) is -1.01. The van der Waals surface area contributed by atoms with Crippen molar-refractivity contribution in [1.29, 1.82) is 0 Å². The van der Waals surface area contributed by atoms with Gasteiger partial charge in [-0.2, -0.15) is 0 Å². The first-order chi connectivity index (χ1) is 14.2. The monoisotopic (exact) mass is 440 g/mol. The maximum absolute atomic E-state index is 12.9. The van der Waals surface area contributed by atoms with E-state index >= 15 is 0 Å². The van der Waals surface area contributed by atoms with Gasteiger partial charge in [-0.25, -0.2) is 4.79 Å². The molecule has 0 heterocycles. The first-order valence-electron chi connectivity index (χ1n) is 10.1. The van der Waals surface area contributed by atoms with Crippen molar-refractivity contribution >= 4 is 29.6 Å². The quantitative estimate of drug-likeness (QED) is 0.499. The van der Waals surface area contributed by atoms with Crippen molar-refractivity contribution in [3.63, 3.8) is 0 Å². The molecule has 2 unspecified atom stereocenters. The van der Waals surface area contributed by atoms with E-state index in [9.17, 15) is 19.5 Å². The molecular weight excluding hydrogens is 412 g/mol. The molecule has 1 aliphatic carbocycles. The normalized spacial score (nSPS) is 22.0. The van der Waals surface area contributed by atoms with Gasteiger partial charge < -0.3 is 19.9 Å². The molecule has 1 saturated carbocycles. The van der Waals surface area contributed by atoms with Crippen molar-refractivity contribution in [3.8, 4) is 0 Å². The number of nitrogens with zero attached hydrogens (tertiary/aromatic N) is 1. The van der Waals surface area contributed by atoms with Gasteiger partial charge >= 0.3 is 12.1 Å². The summed E-state index contributed by atoms with van der Waals surface area (Å²) in [6.07, 6.45) is 0.171. The molecule has 1 fully saturated rings. The van der Waals surface area contributed by atoms with Crippen LogP contribution in [0.1, 0.15) is 51.5 Å². The highest BCUT2D eigenvalue weighted by molar-refractivity contribution is 6.31. The average molecular weight is 441 g/mol. The van der Waals surface area contributed by atoms with Gasteiger partial charge in [0, 0.05) is 25.4 Å². The lowest BCUT2D eigenvalue weighted by molar-refractivity contribution is -0.167. The van der Waals surface area contributed by atoms with Gasteiger partial charge in [0.1, 0.15) is 6.54 Å². The van der Waals surface area contributed by atoms with Crippen LogP contribution < -0.4 is 5.32 Å². The van der Waals surface area contributed by atoms with E-state index in [2.05, 4.69) is 5.32 Å². The highest BCUT2D eigenvalue weighted by atomic mass is 35.5. The molecule has 0 bridgehead atoms. The van der Waals surface area contributed by atoms with Crippen LogP contribution in [0.2, 0.25) is 5.02 Å². The van der Waals surface area contributed by atoms with Crippen molar-refractivity contribution < 1.29 is 29.0 Å². The Morgan fingerprint density at radius 2 is 2.00 bits per heavy atom. The molecule has 2 amide bonds. The zero-order valence-corrected chi connectivity index (χ0v) is 18.3. The molecule has 2 N–H and O–H groups in total. The average Bonchev–Trinajstić information content (AvgIpc) is 2.72. The molecule has 0 radical (unpaired) electrons. The summed E-state index contributed by atoms with van der Waals surface area (Å²) in [5.41, 5.74) is -0.405. The minimum atomic E-state index is -1.17. The van der Waals surface area contributed by atoms with Gasteiger partial charge in [-0.3, -0.25) is 14.5 Å². The molecule has 166 valence electrons. The minimum absolute atomic E-state index is 0.245. The van der Waals surface area contributed by atoms with E-state index in [0.717, 1.165) is 12.8 Å². The van der Waals surface area contributed by atoms with Crippen LogP contribution in [0.3, 0.4) is 0 Å². The summed E-state index contributed by atoms with van der Waals surface area (Å²) in [7, 11) is 1.54. The summed E-state index contributed by atoms with van der Waals surface area (Å²) in [4.78, 5) is 37.2. The smallest absolute Gasteiger partial charge is 0.413 e. The second kappa shape index (κ2) is 10.6. The van der Waals surface area contributed by atoms with Crippen LogP contribution in [0.25, 0.3) is 0 Å². The molecule has 0 saturated heterocycles. The molecule has 3 atom stereocenters. The lowest BCUT2D eigenvalue weighted by Crippen LogP contribution is -2.56. The maximum Gasteiger partial charge on any atom is 0.413 e. The highest BCUT2D eigenvalue weighted by Gasteiger charge is 2.48. The number of likely N-dealkylation sites (N-methyl/N-ethyl adjacent to an activating group) is 1. The molecule has 1 aromatic carbocycles. The number of halogens is 1. The summed E-state index contributed by atoms with van der Waals surface area (Å²) in [6.45, 7) is 2.76. The predicted octanol–water partition coefficient (Wildman–Crippen LogP) is 2.95. The first kappa shape index (κ1) is 24.0. The largest absolute Gasteiger partial charge is 0.424 e. The summed E-state index contributed by atoms with van der Waals surface area (Å²) in [5, 5.41) is 13.7. The number of hydrogen-bond donors (Lipinski definition) is 2. The van der Waals surface area contributed by atoms with Gasteiger partial charge in [0.05, 0.1) is 11.6 Å². The Morgan fingerprint density at radius 3 is 2.63 bits per heavy atom. The molecule has 30 heavy (non-hydrogen) atoms. The number of nitrogens with one attached hydrogen (secondary N) is 1. The summed E-state index contributed by atoms with van der Waals surface area (Å²) < 4.78 is 10.3. The number of hydrogen-bond acceptors (Lipinski definition) is 6. The van der Waals surface area contributed by atoms with E-state index in [1.54, 1.807) is 31.2 Å². The van der Waals surface area contributed by atoms with Crippen LogP contribution in [0.5, 0.6) is 0 Å². The number of esters is 1. The number of aliphatic hydroxyl groups is 1. The van der Waals surface area contributed by atoms with Crippen molar-refractivity contribution in [1.82, 2.24) is 10.2 Å². The third-order valence-corrected chi connectivity index (χ3v) is 5.69. The lowest BCUT2D eigenvalue weighted by atomic mass is 9.73. The number of aliphatic hydroxyl groups excluding tert-OH is 1. The second-order valence-corrected chi connectivity index (χ2v) is 7.70. The third-order valence-electron chi connectivity index (χ3n) is 5.36. The summed E-state index contributed by atoms with van der Waals surface area (Å²) in [6, 6.07) is 7.10. The molecule has 0 aliphatic heterocycles. The maximum atomic E-state index is 12.9. The van der Waals surface area contributed by atoms with Gasteiger partial charge in [-0.1, -0.05) is 49.6 Å². The second-order valence-electron chi connectivity index (χ2n) is 7.30. The van der Waals surface area contributed by atoms with E-state index < -0.39 is 30.0 Å². The number of rotatable bonds is 7. The Kier molecular flexibility index (Phi) is 8.49. The van der Waals surface area contributed by atoms with Gasteiger partial charge in [0.2, 0.25) is 12.2 Å². The van der Waals surface area contributed by atoms with Crippen molar-refractivity contribution in [2.75, 3.05) is 13.6 Å². The van der Waals surface area contributed by atoms with Crippen LogP contribution in [-0.4, -0.2) is 54.0 Å². The van der Waals surface area contributed by atoms with Gasteiger partial charge in [0.25, 0.3) is 0 Å². The number of benzene rings is 1. The van der Waals surface area contributed by atoms with Gasteiger partial charge in [0.15, 0.2) is 0 Å². The standard InChI is InChI=1S/C21H29ClN2O6/c1-4-18(26)23-13-19(27)29-14(2)30-20(28)24(3)21(12-8-7-11-17(21)25)15-9-5-6-10-16(15)22/h5-6,9-10,14,17,25H,4,7-8,11-13H2,1-3H3,(H,23,26)/t14?,17?,21-/m0/s1. The fourth-order valence-electron chi connectivity index (χ4n) is 3.77. The zero-order valence-electron chi connectivity index (χ0n) is 17.5. The highest BCUT2D eigenvalue weighted by Crippen LogP contribution is 2.44. The van der Waals surface area contributed by atoms with Crippen LogP contribution in [0.15, 0.2) is 24.3 Å². The van der Waals surface area contributed by atoms with Crippen LogP contribution in [-0.2, 0) is 24.6 Å². The Balaban J connectivity index is 2.12. The van der Waals surface area contributed by atoms with E-state index in [-0.39, 0.29) is 18.9 Å². The Labute approximate surface area is 181 Å². The Bertz CT molecular complexity index is 774. The van der Waals surface area contributed by atoms with Gasteiger partial charge in [-0.15, -0.1) is 0 Å². The molecule has 0 spiro atoms. The number of carbonyl (C=O) groups is 3. The Hall–Kier alpha value is -2.32.